The van der Waals surface area contributed by atoms with Crippen LogP contribution in [-0.2, 0) is 11.3 Å². The van der Waals surface area contributed by atoms with Crippen molar-refractivity contribution in [3.63, 3.8) is 0 Å². The SMILES string of the molecule is CC(C)OC(=O)N1CC(C)N(c2nc3cc(-c4noc(=O)[nH]4)nc(-c4cncc(Cl)c4)c3n2C[C@H]2CC[C@H](C)CC2)[C@H](C)C1. The van der Waals surface area contributed by atoms with Gasteiger partial charge in [0.2, 0.25) is 11.8 Å². The van der Waals surface area contributed by atoms with E-state index in [1.807, 2.05) is 26.0 Å². The first kappa shape index (κ1) is 30.1. The molecule has 1 unspecified atom stereocenters. The predicted molar refractivity (Wildman–Crippen MR) is 168 cm³/mol. The summed E-state index contributed by atoms with van der Waals surface area (Å²) in [6, 6.07) is 3.60. The smallest absolute Gasteiger partial charge is 0.439 e. The molecule has 44 heavy (non-hydrogen) atoms. The van der Waals surface area contributed by atoms with Crippen molar-refractivity contribution in [3.05, 3.63) is 40.1 Å². The van der Waals surface area contributed by atoms with Crippen LogP contribution in [0.4, 0.5) is 10.7 Å². The van der Waals surface area contributed by atoms with E-state index in [9.17, 15) is 9.59 Å². The summed E-state index contributed by atoms with van der Waals surface area (Å²) in [4.78, 5) is 46.0. The van der Waals surface area contributed by atoms with Crippen LogP contribution >= 0.6 is 11.6 Å². The van der Waals surface area contributed by atoms with E-state index in [0.717, 1.165) is 42.3 Å². The number of ether oxygens (including phenoxy) is 1. The van der Waals surface area contributed by atoms with Crippen LogP contribution in [0, 0.1) is 11.8 Å². The monoisotopic (exact) mass is 622 g/mol. The zero-order chi connectivity index (χ0) is 31.1. The van der Waals surface area contributed by atoms with E-state index in [1.165, 1.54) is 12.8 Å². The van der Waals surface area contributed by atoms with Gasteiger partial charge in [0.1, 0.15) is 5.69 Å². The number of rotatable bonds is 6. The second-order valence-corrected chi connectivity index (χ2v) is 13.1. The van der Waals surface area contributed by atoms with Crippen LogP contribution in [0.1, 0.15) is 60.3 Å². The number of aromatic nitrogens is 6. The maximum absolute atomic E-state index is 12.8. The Morgan fingerprint density at radius 3 is 2.45 bits per heavy atom. The van der Waals surface area contributed by atoms with Gasteiger partial charge >= 0.3 is 11.8 Å². The molecule has 4 aromatic heterocycles. The lowest BCUT2D eigenvalue weighted by Gasteiger charge is -2.44. The molecule has 0 spiro atoms. The number of piperazine rings is 1. The second-order valence-electron chi connectivity index (χ2n) is 12.7. The number of H-pyrrole nitrogens is 1. The number of pyridine rings is 2. The number of fused-ring (bicyclic) bond motifs is 1. The molecule has 1 aliphatic carbocycles. The van der Waals surface area contributed by atoms with Crippen molar-refractivity contribution < 1.29 is 14.1 Å². The average Bonchev–Trinajstić information content (AvgIpc) is 3.56. The van der Waals surface area contributed by atoms with Crippen molar-refractivity contribution in [2.24, 2.45) is 11.8 Å². The van der Waals surface area contributed by atoms with Gasteiger partial charge < -0.3 is 19.1 Å². The van der Waals surface area contributed by atoms with Crippen LogP contribution in [0.3, 0.4) is 0 Å². The van der Waals surface area contributed by atoms with E-state index < -0.39 is 5.76 Å². The largest absolute Gasteiger partial charge is 0.447 e. The Morgan fingerprint density at radius 1 is 1.09 bits per heavy atom. The lowest BCUT2D eigenvalue weighted by atomic mass is 9.83. The molecule has 12 nitrogen and oxygen atoms in total. The van der Waals surface area contributed by atoms with Gasteiger partial charge in [0.15, 0.2) is 0 Å². The third-order valence-electron chi connectivity index (χ3n) is 8.69. The molecule has 4 aromatic rings. The number of carbonyl (C=O) groups is 1. The quantitative estimate of drug-likeness (QED) is 0.285. The molecule has 0 bridgehead atoms. The highest BCUT2D eigenvalue weighted by Gasteiger charge is 2.37. The molecule has 2 aliphatic rings. The van der Waals surface area contributed by atoms with E-state index in [-0.39, 0.29) is 30.1 Å². The highest BCUT2D eigenvalue weighted by Crippen LogP contribution is 2.38. The second kappa shape index (κ2) is 12.2. The number of amides is 1. The summed E-state index contributed by atoms with van der Waals surface area (Å²) in [5, 5.41) is 4.38. The molecule has 1 N–H and O–H groups in total. The Hall–Kier alpha value is -3.93. The zero-order valence-electron chi connectivity index (χ0n) is 25.8. The molecule has 2 fully saturated rings. The zero-order valence-corrected chi connectivity index (χ0v) is 26.5. The molecular formula is C31H39ClN8O4. The van der Waals surface area contributed by atoms with E-state index in [2.05, 4.69) is 45.4 Å². The number of halogens is 1. The van der Waals surface area contributed by atoms with Crippen molar-refractivity contribution in [3.8, 4) is 22.8 Å². The number of nitrogens with one attached hydrogen (secondary N) is 1. The summed E-state index contributed by atoms with van der Waals surface area (Å²) >= 11 is 6.41. The highest BCUT2D eigenvalue weighted by molar-refractivity contribution is 6.30. The number of aromatic amines is 1. The number of carbonyl (C=O) groups excluding carboxylic acids is 1. The van der Waals surface area contributed by atoms with Crippen molar-refractivity contribution in [2.75, 3.05) is 18.0 Å². The van der Waals surface area contributed by atoms with Crippen LogP contribution in [0.15, 0.2) is 33.8 Å². The Morgan fingerprint density at radius 2 is 1.82 bits per heavy atom. The number of nitrogens with zero attached hydrogens (tertiary/aromatic N) is 7. The van der Waals surface area contributed by atoms with Crippen LogP contribution in [0.25, 0.3) is 33.8 Å². The van der Waals surface area contributed by atoms with Gasteiger partial charge in [0.05, 0.1) is 27.9 Å². The van der Waals surface area contributed by atoms with Gasteiger partial charge in [-0.25, -0.2) is 19.6 Å². The van der Waals surface area contributed by atoms with Gasteiger partial charge in [-0.2, -0.15) is 0 Å². The standard InChI is InChI=1S/C31H39ClN8O4/c1-17(2)43-31(42)38-14-19(4)40(20(5)15-38)29-35-24-11-25(28-36-30(41)44-37-28)34-26(22-10-23(32)13-33-12-22)27(24)39(29)16-21-8-6-18(3)7-9-21/h10-13,17-21H,6-9,14-16H2,1-5H3,(H,36,37,41)/t18-,19-,20?,21-/m1/s1. The molecule has 0 aromatic carbocycles. The fraction of sp³-hybridized carbons (Fsp3) is 0.548. The van der Waals surface area contributed by atoms with E-state index in [1.54, 1.807) is 17.3 Å². The first-order chi connectivity index (χ1) is 21.1. The van der Waals surface area contributed by atoms with Gasteiger partial charge in [0, 0.05) is 49.7 Å². The van der Waals surface area contributed by atoms with Crippen molar-refractivity contribution >= 4 is 34.7 Å². The van der Waals surface area contributed by atoms with Crippen molar-refractivity contribution in [1.29, 1.82) is 0 Å². The molecule has 5 heterocycles. The number of anilines is 1. The molecule has 0 radical (unpaired) electrons. The molecule has 6 rings (SSSR count). The lowest BCUT2D eigenvalue weighted by Crippen LogP contribution is -2.59. The Kier molecular flexibility index (Phi) is 8.36. The molecule has 13 heteroatoms. The van der Waals surface area contributed by atoms with Crippen molar-refractivity contribution in [1.82, 2.24) is 34.6 Å². The molecule has 2 atom stereocenters. The van der Waals surface area contributed by atoms with Crippen LogP contribution < -0.4 is 10.7 Å². The summed E-state index contributed by atoms with van der Waals surface area (Å²) in [6.45, 7) is 12.1. The minimum absolute atomic E-state index is 0.0315. The van der Waals surface area contributed by atoms with Gasteiger partial charge in [-0.05, 0) is 64.5 Å². The molecule has 234 valence electrons. The summed E-state index contributed by atoms with van der Waals surface area (Å²) < 4.78 is 12.6. The minimum atomic E-state index is -0.665. The van der Waals surface area contributed by atoms with E-state index >= 15 is 0 Å². The molecule has 1 amide bonds. The van der Waals surface area contributed by atoms with Gasteiger partial charge in [0.25, 0.3) is 0 Å². The first-order valence-corrected chi connectivity index (χ1v) is 15.8. The predicted octanol–water partition coefficient (Wildman–Crippen LogP) is 5.76. The number of hydrogen-bond acceptors (Lipinski definition) is 9. The lowest BCUT2D eigenvalue weighted by molar-refractivity contribution is 0.0668. The third kappa shape index (κ3) is 6.04. The number of hydrogen-bond donors (Lipinski definition) is 1. The average molecular weight is 623 g/mol. The molecule has 1 aliphatic heterocycles. The van der Waals surface area contributed by atoms with Gasteiger partial charge in [-0.15, -0.1) is 0 Å². The van der Waals surface area contributed by atoms with Crippen LogP contribution in [0.2, 0.25) is 5.02 Å². The van der Waals surface area contributed by atoms with Crippen LogP contribution in [0.5, 0.6) is 0 Å². The topological polar surface area (TPSA) is 135 Å². The van der Waals surface area contributed by atoms with Gasteiger partial charge in [-0.1, -0.05) is 36.5 Å². The molecule has 1 saturated heterocycles. The van der Waals surface area contributed by atoms with Crippen LogP contribution in [-0.4, -0.2) is 71.9 Å². The van der Waals surface area contributed by atoms with Crippen molar-refractivity contribution in [2.45, 2.75) is 85.0 Å². The summed E-state index contributed by atoms with van der Waals surface area (Å²) in [5.41, 5.74) is 3.34. The first-order valence-electron chi connectivity index (χ1n) is 15.4. The Balaban J connectivity index is 1.51. The fourth-order valence-electron chi connectivity index (χ4n) is 6.63. The maximum Gasteiger partial charge on any atom is 0.439 e. The normalized spacial score (nSPS) is 22.6. The fourth-order valence-corrected chi connectivity index (χ4v) is 6.80. The Labute approximate surface area is 260 Å². The summed E-state index contributed by atoms with van der Waals surface area (Å²) in [5.74, 6) is 1.57. The van der Waals surface area contributed by atoms with E-state index in [4.69, 9.17) is 30.8 Å². The highest BCUT2D eigenvalue weighted by atomic mass is 35.5. The third-order valence-corrected chi connectivity index (χ3v) is 8.89. The molecular weight excluding hydrogens is 584 g/mol. The van der Waals surface area contributed by atoms with E-state index in [0.29, 0.717) is 40.9 Å². The molecule has 1 saturated carbocycles. The van der Waals surface area contributed by atoms with Gasteiger partial charge in [-0.3, -0.25) is 14.5 Å². The minimum Gasteiger partial charge on any atom is -0.447 e. The summed E-state index contributed by atoms with van der Waals surface area (Å²) in [6.07, 6.45) is 7.50. The maximum atomic E-state index is 12.8. The Bertz CT molecular complexity index is 1690. The summed E-state index contributed by atoms with van der Waals surface area (Å²) in [7, 11) is 0. The number of imidazole rings is 1.